The Morgan fingerprint density at radius 3 is 2.80 bits per heavy atom. The van der Waals surface area contributed by atoms with Gasteiger partial charge >= 0.3 is 0 Å². The van der Waals surface area contributed by atoms with Crippen LogP contribution in [-0.2, 0) is 6.54 Å². The molecule has 0 aliphatic heterocycles. The molecule has 0 saturated heterocycles. The van der Waals surface area contributed by atoms with Gasteiger partial charge in [-0.2, -0.15) is 0 Å². The molecule has 2 aromatic rings. The molecule has 1 heterocycles. The van der Waals surface area contributed by atoms with E-state index in [4.69, 9.17) is 4.74 Å². The van der Waals surface area contributed by atoms with Gasteiger partial charge in [0.25, 0.3) is 5.82 Å². The third-order valence-electron chi connectivity index (χ3n) is 3.85. The first-order valence-corrected chi connectivity index (χ1v) is 6.96. The molecule has 2 rings (SSSR count). The van der Waals surface area contributed by atoms with E-state index in [1.54, 1.807) is 13.2 Å². The molecule has 20 heavy (non-hydrogen) atoms. The average molecular weight is 277 g/mol. The molecule has 0 aliphatic carbocycles. The number of rotatable bonds is 5. The van der Waals surface area contributed by atoms with Crippen LogP contribution in [0.5, 0.6) is 5.75 Å². The lowest BCUT2D eigenvalue weighted by molar-refractivity contribution is -0.694. The Labute approximate surface area is 119 Å². The third-order valence-corrected chi connectivity index (χ3v) is 3.85. The number of ether oxygens (including phenoxy) is 1. The van der Waals surface area contributed by atoms with Gasteiger partial charge < -0.3 is 4.74 Å². The number of halogens is 1. The van der Waals surface area contributed by atoms with Crippen LogP contribution in [0.25, 0.3) is 0 Å². The van der Waals surface area contributed by atoms with Gasteiger partial charge in [-0.1, -0.05) is 6.92 Å². The Morgan fingerprint density at radius 1 is 1.40 bits per heavy atom. The third kappa shape index (κ3) is 2.84. The maximum Gasteiger partial charge on any atom is 0.253 e. The van der Waals surface area contributed by atoms with Crippen molar-refractivity contribution in [1.82, 2.24) is 4.57 Å². The van der Waals surface area contributed by atoms with Crippen molar-refractivity contribution in [2.75, 3.05) is 7.11 Å². The minimum atomic E-state index is -0.236. The second kappa shape index (κ2) is 6.07. The zero-order valence-corrected chi connectivity index (χ0v) is 12.6. The molecule has 4 heteroatoms. The van der Waals surface area contributed by atoms with Crippen LogP contribution in [0.3, 0.4) is 0 Å². The zero-order chi connectivity index (χ0) is 14.7. The lowest BCUT2D eigenvalue weighted by atomic mass is 10.2. The second-order valence-electron chi connectivity index (χ2n) is 5.09. The summed E-state index contributed by atoms with van der Waals surface area (Å²) in [5.74, 6) is 1.64. The summed E-state index contributed by atoms with van der Waals surface area (Å²) in [4.78, 5) is 0. The van der Waals surface area contributed by atoms with E-state index < -0.39 is 0 Å². The molecule has 0 radical (unpaired) electrons. The Bertz CT molecular complexity index is 592. The van der Waals surface area contributed by atoms with Gasteiger partial charge in [0, 0.05) is 12.5 Å². The van der Waals surface area contributed by atoms with Gasteiger partial charge in [0.1, 0.15) is 30.5 Å². The summed E-state index contributed by atoms with van der Waals surface area (Å²) in [6, 6.07) is 5.09. The van der Waals surface area contributed by atoms with E-state index in [9.17, 15) is 4.39 Å². The van der Waals surface area contributed by atoms with Crippen molar-refractivity contribution in [3.63, 3.8) is 0 Å². The van der Waals surface area contributed by atoms with Crippen molar-refractivity contribution >= 4 is 0 Å². The van der Waals surface area contributed by atoms with Gasteiger partial charge in [-0.05, 0) is 31.5 Å². The molecule has 0 saturated carbocycles. The molecule has 0 spiro atoms. The Hall–Kier alpha value is -1.84. The molecule has 1 aromatic heterocycles. The summed E-state index contributed by atoms with van der Waals surface area (Å²) in [5, 5.41) is 0. The van der Waals surface area contributed by atoms with Crippen molar-refractivity contribution in [1.29, 1.82) is 0 Å². The minimum Gasteiger partial charge on any atom is -0.496 e. The highest BCUT2D eigenvalue weighted by molar-refractivity contribution is 5.33. The van der Waals surface area contributed by atoms with Gasteiger partial charge in [0.2, 0.25) is 0 Å². The SMILES string of the molecule is CCC(C)n1cc[n+](Cc2cc(F)ccc2OC)c1C. The fourth-order valence-corrected chi connectivity index (χ4v) is 2.40. The number of nitrogens with zero attached hydrogens (tertiary/aromatic N) is 2. The number of benzene rings is 1. The van der Waals surface area contributed by atoms with Crippen LogP contribution in [0.15, 0.2) is 30.6 Å². The predicted octanol–water partition coefficient (Wildman–Crippen LogP) is 3.25. The summed E-state index contributed by atoms with van der Waals surface area (Å²) in [6.45, 7) is 7.05. The normalized spacial score (nSPS) is 12.4. The molecule has 0 amide bonds. The van der Waals surface area contributed by atoms with Crippen LogP contribution >= 0.6 is 0 Å². The van der Waals surface area contributed by atoms with Crippen molar-refractivity contribution in [3.8, 4) is 5.75 Å². The quantitative estimate of drug-likeness (QED) is 0.767. The van der Waals surface area contributed by atoms with Crippen LogP contribution < -0.4 is 9.30 Å². The number of methoxy groups -OCH3 is 1. The Kier molecular flexibility index (Phi) is 4.42. The summed E-state index contributed by atoms with van der Waals surface area (Å²) >= 11 is 0. The highest BCUT2D eigenvalue weighted by atomic mass is 19.1. The largest absolute Gasteiger partial charge is 0.496 e. The lowest BCUT2D eigenvalue weighted by Crippen LogP contribution is -2.36. The number of hydrogen-bond acceptors (Lipinski definition) is 1. The highest BCUT2D eigenvalue weighted by Gasteiger charge is 2.18. The number of hydrogen-bond donors (Lipinski definition) is 0. The first kappa shape index (κ1) is 14.6. The molecule has 0 aliphatic rings. The fourth-order valence-electron chi connectivity index (χ4n) is 2.40. The summed E-state index contributed by atoms with van der Waals surface area (Å²) < 4.78 is 23.1. The first-order chi connectivity index (χ1) is 9.56. The lowest BCUT2D eigenvalue weighted by Gasteiger charge is -2.09. The van der Waals surface area contributed by atoms with Crippen LogP contribution in [-0.4, -0.2) is 11.7 Å². The molecule has 1 atom stereocenters. The van der Waals surface area contributed by atoms with E-state index in [0.717, 1.165) is 23.6 Å². The Morgan fingerprint density at radius 2 is 2.15 bits per heavy atom. The molecule has 3 nitrogen and oxygen atoms in total. The molecular weight excluding hydrogens is 255 g/mol. The summed E-state index contributed by atoms with van der Waals surface area (Å²) in [7, 11) is 1.61. The molecule has 0 bridgehead atoms. The second-order valence-corrected chi connectivity index (χ2v) is 5.09. The molecule has 1 aromatic carbocycles. The van der Waals surface area contributed by atoms with E-state index in [2.05, 4.69) is 36.1 Å². The minimum absolute atomic E-state index is 0.236. The van der Waals surface area contributed by atoms with Crippen LogP contribution in [0.2, 0.25) is 0 Å². The van der Waals surface area contributed by atoms with E-state index in [-0.39, 0.29) is 5.82 Å². The number of imidazole rings is 1. The highest BCUT2D eigenvalue weighted by Crippen LogP contribution is 2.19. The topological polar surface area (TPSA) is 18.0 Å². The van der Waals surface area contributed by atoms with Crippen molar-refractivity contribution in [3.05, 3.63) is 47.8 Å². The van der Waals surface area contributed by atoms with E-state index in [1.807, 2.05) is 6.20 Å². The van der Waals surface area contributed by atoms with Gasteiger partial charge in [-0.25, -0.2) is 13.5 Å². The van der Waals surface area contributed by atoms with Crippen LogP contribution in [0.1, 0.15) is 37.7 Å². The summed E-state index contributed by atoms with van der Waals surface area (Å²) in [6.07, 6.45) is 5.19. The average Bonchev–Trinajstić information content (AvgIpc) is 2.80. The maximum atomic E-state index is 13.4. The first-order valence-electron chi connectivity index (χ1n) is 6.96. The van der Waals surface area contributed by atoms with E-state index >= 15 is 0 Å². The summed E-state index contributed by atoms with van der Waals surface area (Å²) in [5.41, 5.74) is 0.850. The molecule has 0 N–H and O–H groups in total. The fraction of sp³-hybridized carbons (Fsp3) is 0.438. The molecule has 0 fully saturated rings. The zero-order valence-electron chi connectivity index (χ0n) is 12.6. The van der Waals surface area contributed by atoms with Crippen LogP contribution in [0.4, 0.5) is 4.39 Å². The predicted molar refractivity (Wildman–Crippen MR) is 76.4 cm³/mol. The van der Waals surface area contributed by atoms with Gasteiger partial charge in [0.05, 0.1) is 13.2 Å². The van der Waals surface area contributed by atoms with Gasteiger partial charge in [-0.3, -0.25) is 0 Å². The van der Waals surface area contributed by atoms with Crippen LogP contribution in [0, 0.1) is 12.7 Å². The smallest absolute Gasteiger partial charge is 0.253 e. The van der Waals surface area contributed by atoms with Crippen molar-refractivity contribution in [2.24, 2.45) is 0 Å². The maximum absolute atomic E-state index is 13.4. The number of aromatic nitrogens is 2. The molecule has 108 valence electrons. The van der Waals surface area contributed by atoms with Gasteiger partial charge in [-0.15, -0.1) is 0 Å². The standard InChI is InChI=1S/C16H22FN2O/c1-5-12(2)19-9-8-18(13(19)3)11-14-10-15(17)6-7-16(14)20-4/h6-10,12H,5,11H2,1-4H3/q+1. The molecule has 1 unspecified atom stereocenters. The van der Waals surface area contributed by atoms with Gasteiger partial charge in [0.15, 0.2) is 0 Å². The van der Waals surface area contributed by atoms with Crippen molar-refractivity contribution < 1.29 is 13.7 Å². The van der Waals surface area contributed by atoms with Crippen molar-refractivity contribution in [2.45, 2.75) is 39.8 Å². The van der Waals surface area contributed by atoms with E-state index in [0.29, 0.717) is 12.6 Å². The molecular formula is C16H22FN2O+. The monoisotopic (exact) mass is 277 g/mol. The van der Waals surface area contributed by atoms with E-state index in [1.165, 1.54) is 12.1 Å². The Balaban J connectivity index is 2.31.